The lowest BCUT2D eigenvalue weighted by atomic mass is 10.0. The molecule has 1 aliphatic rings. The Morgan fingerprint density at radius 3 is 2.78 bits per heavy atom. The lowest BCUT2D eigenvalue weighted by Gasteiger charge is -2.34. The predicted molar refractivity (Wildman–Crippen MR) is 109 cm³/mol. The van der Waals surface area contributed by atoms with Crippen molar-refractivity contribution in [2.24, 2.45) is 0 Å². The number of likely N-dealkylation sites (tertiary alicyclic amines) is 1. The maximum absolute atomic E-state index is 12.9. The quantitative estimate of drug-likeness (QED) is 0.851. The van der Waals surface area contributed by atoms with Crippen LogP contribution in [-0.4, -0.2) is 59.4 Å². The van der Waals surface area contributed by atoms with Gasteiger partial charge in [-0.1, -0.05) is 13.0 Å². The molecule has 0 aliphatic carbocycles. The van der Waals surface area contributed by atoms with E-state index in [-0.39, 0.29) is 17.9 Å². The molecule has 1 aromatic carbocycles. The highest BCUT2D eigenvalue weighted by Crippen LogP contribution is 2.23. The smallest absolute Gasteiger partial charge is 0.247 e. The normalized spacial score (nSPS) is 17.5. The second kappa shape index (κ2) is 8.57. The van der Waals surface area contributed by atoms with E-state index in [0.29, 0.717) is 13.0 Å². The fraction of sp³-hybridized carbons (Fsp3) is 0.524. The Labute approximate surface area is 161 Å². The molecule has 1 fully saturated rings. The van der Waals surface area contributed by atoms with Crippen LogP contribution in [0.15, 0.2) is 30.5 Å². The molecule has 1 atom stereocenters. The predicted octanol–water partition coefficient (Wildman–Crippen LogP) is 2.93. The van der Waals surface area contributed by atoms with Crippen LogP contribution < -0.4 is 5.32 Å². The van der Waals surface area contributed by atoms with Crippen LogP contribution >= 0.6 is 0 Å². The van der Waals surface area contributed by atoms with Gasteiger partial charge in [0.2, 0.25) is 11.8 Å². The van der Waals surface area contributed by atoms with Gasteiger partial charge in [0, 0.05) is 37.9 Å². The number of hydrogen-bond donors (Lipinski definition) is 1. The maximum atomic E-state index is 12.9. The number of piperidine rings is 1. The number of hydrogen-bond acceptors (Lipinski definition) is 3. The van der Waals surface area contributed by atoms with E-state index in [4.69, 9.17) is 0 Å². The first-order chi connectivity index (χ1) is 13.0. The van der Waals surface area contributed by atoms with Crippen molar-refractivity contribution in [3.63, 3.8) is 0 Å². The van der Waals surface area contributed by atoms with Crippen LogP contribution in [0.4, 0.5) is 5.69 Å². The van der Waals surface area contributed by atoms with Gasteiger partial charge in [-0.15, -0.1) is 0 Å². The van der Waals surface area contributed by atoms with Crippen LogP contribution in [0, 0.1) is 0 Å². The number of amides is 2. The Morgan fingerprint density at radius 2 is 2.04 bits per heavy atom. The zero-order chi connectivity index (χ0) is 19.4. The molecule has 146 valence electrons. The van der Waals surface area contributed by atoms with Crippen LogP contribution in [0.5, 0.6) is 0 Å². The van der Waals surface area contributed by atoms with Crippen molar-refractivity contribution in [1.82, 2.24) is 14.4 Å². The van der Waals surface area contributed by atoms with Gasteiger partial charge in [0.15, 0.2) is 0 Å². The van der Waals surface area contributed by atoms with E-state index in [1.54, 1.807) is 4.90 Å². The Hall–Kier alpha value is -2.34. The number of fused-ring (bicyclic) bond motifs is 1. The Balaban J connectivity index is 1.75. The third-order valence-corrected chi connectivity index (χ3v) is 5.26. The average Bonchev–Trinajstić information content (AvgIpc) is 3.08. The third kappa shape index (κ3) is 4.50. The summed E-state index contributed by atoms with van der Waals surface area (Å²) in [5.41, 5.74) is 1.89. The van der Waals surface area contributed by atoms with E-state index in [0.717, 1.165) is 48.9 Å². The van der Waals surface area contributed by atoms with Crippen molar-refractivity contribution in [2.45, 2.75) is 45.2 Å². The van der Waals surface area contributed by atoms with Gasteiger partial charge in [-0.25, -0.2) is 0 Å². The first kappa shape index (κ1) is 19.4. The lowest BCUT2D eigenvalue weighted by molar-refractivity contribution is -0.140. The summed E-state index contributed by atoms with van der Waals surface area (Å²) in [4.78, 5) is 28.9. The molecule has 6 heteroatoms. The molecule has 1 aliphatic heterocycles. The van der Waals surface area contributed by atoms with Gasteiger partial charge < -0.3 is 19.7 Å². The number of carbonyl (C=O) groups excluding carboxylic acids is 2. The molecule has 0 spiro atoms. The molecule has 6 nitrogen and oxygen atoms in total. The molecule has 2 heterocycles. The molecule has 1 saturated heterocycles. The van der Waals surface area contributed by atoms with E-state index in [9.17, 15) is 9.59 Å². The molecule has 1 N–H and O–H groups in total. The van der Waals surface area contributed by atoms with Gasteiger partial charge in [-0.3, -0.25) is 9.59 Å². The van der Waals surface area contributed by atoms with Crippen molar-refractivity contribution in [1.29, 1.82) is 0 Å². The van der Waals surface area contributed by atoms with Crippen molar-refractivity contribution in [3.05, 3.63) is 30.5 Å². The van der Waals surface area contributed by atoms with Gasteiger partial charge in [0.25, 0.3) is 0 Å². The first-order valence-electron chi connectivity index (χ1n) is 9.83. The highest BCUT2D eigenvalue weighted by Gasteiger charge is 2.31. The summed E-state index contributed by atoms with van der Waals surface area (Å²) in [5, 5.41) is 4.20. The number of rotatable bonds is 6. The van der Waals surface area contributed by atoms with E-state index in [1.807, 2.05) is 25.1 Å². The Kier molecular flexibility index (Phi) is 6.16. The molecule has 0 saturated carbocycles. The zero-order valence-electron chi connectivity index (χ0n) is 16.6. The minimum atomic E-state index is -0.359. The van der Waals surface area contributed by atoms with Gasteiger partial charge in [0.05, 0.1) is 5.52 Å². The molecule has 1 unspecified atom stereocenters. The third-order valence-electron chi connectivity index (χ3n) is 5.26. The minimum Gasteiger partial charge on any atom is -0.346 e. The van der Waals surface area contributed by atoms with Gasteiger partial charge in [-0.05, 0) is 56.9 Å². The fourth-order valence-corrected chi connectivity index (χ4v) is 3.70. The molecular formula is C21H30N4O2. The maximum Gasteiger partial charge on any atom is 0.247 e. The van der Waals surface area contributed by atoms with E-state index < -0.39 is 0 Å². The monoisotopic (exact) mass is 370 g/mol. The minimum absolute atomic E-state index is 0.0582. The number of nitrogens with one attached hydrogen (secondary N) is 1. The van der Waals surface area contributed by atoms with Crippen LogP contribution in [0.2, 0.25) is 0 Å². The molecule has 0 radical (unpaired) electrons. The Bertz CT molecular complexity index is 812. The second-order valence-corrected chi connectivity index (χ2v) is 7.53. The molecule has 27 heavy (non-hydrogen) atoms. The fourth-order valence-electron chi connectivity index (χ4n) is 3.70. The molecule has 3 rings (SSSR count). The second-order valence-electron chi connectivity index (χ2n) is 7.53. The molecule has 0 bridgehead atoms. The van der Waals surface area contributed by atoms with Crippen molar-refractivity contribution in [2.75, 3.05) is 32.5 Å². The number of nitrogens with zero attached hydrogens (tertiary/aromatic N) is 3. The van der Waals surface area contributed by atoms with Crippen molar-refractivity contribution < 1.29 is 9.59 Å². The van der Waals surface area contributed by atoms with Crippen molar-refractivity contribution >= 4 is 28.4 Å². The standard InChI is InChI=1S/C21H30N4O2/c1-4-20(26)25-11-6-5-7-18(25)21(27)22-17-9-8-16-10-12-24(19(16)15-17)14-13-23(2)3/h8-10,12,15,18H,4-7,11,13-14H2,1-3H3,(H,22,27). The summed E-state index contributed by atoms with van der Waals surface area (Å²) in [7, 11) is 4.12. The molecular weight excluding hydrogens is 340 g/mol. The Morgan fingerprint density at radius 1 is 1.22 bits per heavy atom. The first-order valence-corrected chi connectivity index (χ1v) is 9.83. The van der Waals surface area contributed by atoms with Crippen LogP contribution in [0.1, 0.15) is 32.6 Å². The average molecular weight is 370 g/mol. The summed E-state index contributed by atoms with van der Waals surface area (Å²) >= 11 is 0. The number of likely N-dealkylation sites (N-methyl/N-ethyl adjacent to an activating group) is 1. The van der Waals surface area contributed by atoms with Gasteiger partial charge in [-0.2, -0.15) is 0 Å². The van der Waals surface area contributed by atoms with Crippen molar-refractivity contribution in [3.8, 4) is 0 Å². The van der Waals surface area contributed by atoms with Gasteiger partial charge in [0.1, 0.15) is 6.04 Å². The summed E-state index contributed by atoms with van der Waals surface area (Å²) in [6.07, 6.45) is 5.22. The number of benzene rings is 1. The summed E-state index contributed by atoms with van der Waals surface area (Å²) in [6, 6.07) is 7.73. The van der Waals surface area contributed by atoms with Gasteiger partial charge >= 0.3 is 0 Å². The summed E-state index contributed by atoms with van der Waals surface area (Å²) in [5.74, 6) is -0.0230. The lowest BCUT2D eigenvalue weighted by Crippen LogP contribution is -2.49. The highest BCUT2D eigenvalue weighted by atomic mass is 16.2. The molecule has 2 amide bonds. The van der Waals surface area contributed by atoms with E-state index >= 15 is 0 Å². The zero-order valence-corrected chi connectivity index (χ0v) is 16.6. The van der Waals surface area contributed by atoms with E-state index in [1.165, 1.54) is 0 Å². The SMILES string of the molecule is CCC(=O)N1CCCCC1C(=O)Nc1ccc2ccn(CCN(C)C)c2c1. The van der Waals surface area contributed by atoms with E-state index in [2.05, 4.69) is 41.1 Å². The largest absolute Gasteiger partial charge is 0.346 e. The number of anilines is 1. The van der Waals surface area contributed by atoms with Crippen LogP contribution in [0.25, 0.3) is 10.9 Å². The van der Waals surface area contributed by atoms with Crippen LogP contribution in [0.3, 0.4) is 0 Å². The topological polar surface area (TPSA) is 57.6 Å². The number of carbonyl (C=O) groups is 2. The van der Waals surface area contributed by atoms with Crippen LogP contribution in [-0.2, 0) is 16.1 Å². The molecule has 2 aromatic rings. The summed E-state index contributed by atoms with van der Waals surface area (Å²) < 4.78 is 2.21. The highest BCUT2D eigenvalue weighted by molar-refractivity contribution is 5.98. The molecule has 1 aromatic heterocycles. The summed E-state index contributed by atoms with van der Waals surface area (Å²) in [6.45, 7) is 4.38. The number of aromatic nitrogens is 1.